The number of carbonyl (C=O) groups is 1. The number of nitrogens with zero attached hydrogens (tertiary/aromatic N) is 2. The van der Waals surface area contributed by atoms with Crippen molar-refractivity contribution in [1.29, 1.82) is 5.26 Å². The summed E-state index contributed by atoms with van der Waals surface area (Å²) in [5, 5.41) is 11.9. The van der Waals surface area contributed by atoms with E-state index < -0.39 is 0 Å². The molecule has 1 atom stereocenters. The van der Waals surface area contributed by atoms with Crippen LogP contribution in [0.2, 0.25) is 0 Å². The van der Waals surface area contributed by atoms with Crippen molar-refractivity contribution in [3.05, 3.63) is 0 Å². The number of nitriles is 1. The Morgan fingerprint density at radius 1 is 1.44 bits per heavy atom. The highest BCUT2D eigenvalue weighted by Crippen LogP contribution is 2.26. The molecule has 1 amide bonds. The summed E-state index contributed by atoms with van der Waals surface area (Å²) < 4.78 is 0. The van der Waals surface area contributed by atoms with Crippen LogP contribution in [0.1, 0.15) is 32.1 Å². The number of nitrogens with one attached hydrogen (secondary N) is 1. The summed E-state index contributed by atoms with van der Waals surface area (Å²) in [6.45, 7) is 0.352. The van der Waals surface area contributed by atoms with E-state index in [1.807, 2.05) is 19.0 Å². The van der Waals surface area contributed by atoms with Crippen molar-refractivity contribution in [2.24, 2.45) is 5.92 Å². The highest BCUT2D eigenvalue weighted by Gasteiger charge is 2.24. The maximum atomic E-state index is 11.6. The van der Waals surface area contributed by atoms with Gasteiger partial charge in [0.15, 0.2) is 0 Å². The maximum Gasteiger partial charge on any atom is 0.235 e. The van der Waals surface area contributed by atoms with E-state index in [1.54, 1.807) is 0 Å². The highest BCUT2D eigenvalue weighted by atomic mass is 16.2. The SMILES string of the molecule is CN(C)CC(=O)N[C@@H](C#N)C1CCCCC1. The third-order valence-electron chi connectivity index (χ3n) is 3.04. The molecule has 0 aromatic carbocycles. The summed E-state index contributed by atoms with van der Waals surface area (Å²) in [7, 11) is 3.70. The van der Waals surface area contributed by atoms with Crippen LogP contribution in [-0.4, -0.2) is 37.5 Å². The zero-order chi connectivity index (χ0) is 12.0. The van der Waals surface area contributed by atoms with Gasteiger partial charge in [-0.25, -0.2) is 0 Å². The van der Waals surface area contributed by atoms with E-state index in [1.165, 1.54) is 19.3 Å². The molecule has 16 heavy (non-hydrogen) atoms. The molecule has 0 heterocycles. The number of carbonyl (C=O) groups excluding carboxylic acids is 1. The van der Waals surface area contributed by atoms with Gasteiger partial charge in [-0.15, -0.1) is 0 Å². The lowest BCUT2D eigenvalue weighted by Gasteiger charge is -2.26. The molecule has 1 aliphatic rings. The van der Waals surface area contributed by atoms with E-state index in [2.05, 4.69) is 11.4 Å². The molecule has 4 nitrogen and oxygen atoms in total. The maximum absolute atomic E-state index is 11.6. The molecule has 1 fully saturated rings. The lowest BCUT2D eigenvalue weighted by Crippen LogP contribution is -2.43. The van der Waals surface area contributed by atoms with E-state index in [4.69, 9.17) is 5.26 Å². The molecule has 4 heteroatoms. The van der Waals surface area contributed by atoms with Gasteiger partial charge in [-0.1, -0.05) is 19.3 Å². The molecule has 0 saturated heterocycles. The molecule has 1 saturated carbocycles. The van der Waals surface area contributed by atoms with E-state index in [0.717, 1.165) is 12.8 Å². The van der Waals surface area contributed by atoms with Crippen LogP contribution in [-0.2, 0) is 4.79 Å². The third-order valence-corrected chi connectivity index (χ3v) is 3.04. The van der Waals surface area contributed by atoms with Crippen LogP contribution < -0.4 is 5.32 Å². The van der Waals surface area contributed by atoms with Gasteiger partial charge in [-0.2, -0.15) is 5.26 Å². The molecular formula is C12H21N3O. The van der Waals surface area contributed by atoms with Crippen molar-refractivity contribution < 1.29 is 4.79 Å². The number of hydrogen-bond acceptors (Lipinski definition) is 3. The van der Waals surface area contributed by atoms with Gasteiger partial charge in [0.2, 0.25) is 5.91 Å². The molecule has 1 aliphatic carbocycles. The smallest absolute Gasteiger partial charge is 0.235 e. The van der Waals surface area contributed by atoms with Crippen molar-refractivity contribution in [3.63, 3.8) is 0 Å². The second-order valence-corrected chi connectivity index (χ2v) is 4.81. The van der Waals surface area contributed by atoms with Gasteiger partial charge in [0.25, 0.3) is 0 Å². The fraction of sp³-hybridized carbons (Fsp3) is 0.833. The summed E-state index contributed by atoms with van der Waals surface area (Å²) in [5.74, 6) is 0.298. The summed E-state index contributed by atoms with van der Waals surface area (Å²) in [6, 6.07) is 1.93. The number of hydrogen-bond donors (Lipinski definition) is 1. The Bertz CT molecular complexity index is 264. The number of amides is 1. The lowest BCUT2D eigenvalue weighted by molar-refractivity contribution is -0.122. The first-order chi connectivity index (χ1) is 7.63. The zero-order valence-corrected chi connectivity index (χ0v) is 10.2. The van der Waals surface area contributed by atoms with Crippen molar-refractivity contribution in [2.75, 3.05) is 20.6 Å². The first-order valence-electron chi connectivity index (χ1n) is 5.97. The van der Waals surface area contributed by atoms with Gasteiger partial charge in [-0.3, -0.25) is 4.79 Å². The average Bonchev–Trinajstić information content (AvgIpc) is 2.26. The topological polar surface area (TPSA) is 56.1 Å². The molecule has 0 radical (unpaired) electrons. The van der Waals surface area contributed by atoms with Crippen LogP contribution in [0.5, 0.6) is 0 Å². The van der Waals surface area contributed by atoms with Crippen molar-refractivity contribution in [1.82, 2.24) is 10.2 Å². The van der Waals surface area contributed by atoms with E-state index in [0.29, 0.717) is 12.5 Å². The van der Waals surface area contributed by atoms with Crippen LogP contribution in [0.3, 0.4) is 0 Å². The molecule has 1 N–H and O–H groups in total. The molecule has 0 aromatic rings. The molecule has 0 bridgehead atoms. The minimum atomic E-state index is -0.298. The molecule has 0 spiro atoms. The largest absolute Gasteiger partial charge is 0.339 e. The van der Waals surface area contributed by atoms with Gasteiger partial charge >= 0.3 is 0 Å². The molecule has 0 unspecified atom stereocenters. The Kier molecular flexibility index (Phi) is 5.27. The summed E-state index contributed by atoms with van der Waals surface area (Å²) >= 11 is 0. The fourth-order valence-corrected chi connectivity index (χ4v) is 2.23. The predicted octanol–water partition coefficient (Wildman–Crippen LogP) is 1.14. The van der Waals surface area contributed by atoms with Crippen LogP contribution in [0.25, 0.3) is 0 Å². The first-order valence-corrected chi connectivity index (χ1v) is 5.97. The first kappa shape index (κ1) is 13.0. The third kappa shape index (κ3) is 4.19. The lowest BCUT2D eigenvalue weighted by atomic mass is 9.84. The minimum Gasteiger partial charge on any atom is -0.339 e. The fourth-order valence-electron chi connectivity index (χ4n) is 2.23. The van der Waals surface area contributed by atoms with Crippen LogP contribution in [0, 0.1) is 17.2 Å². The van der Waals surface area contributed by atoms with Crippen LogP contribution in [0.4, 0.5) is 0 Å². The van der Waals surface area contributed by atoms with Gasteiger partial charge in [0.1, 0.15) is 6.04 Å². The molecular weight excluding hydrogens is 202 g/mol. The monoisotopic (exact) mass is 223 g/mol. The minimum absolute atomic E-state index is 0.0536. The highest BCUT2D eigenvalue weighted by molar-refractivity contribution is 5.78. The Morgan fingerprint density at radius 3 is 2.56 bits per heavy atom. The number of rotatable bonds is 4. The molecule has 1 rings (SSSR count). The van der Waals surface area contributed by atoms with Gasteiger partial charge < -0.3 is 10.2 Å². The van der Waals surface area contributed by atoms with E-state index in [-0.39, 0.29) is 11.9 Å². The summed E-state index contributed by atoms with van der Waals surface area (Å²) in [4.78, 5) is 13.4. The second kappa shape index (κ2) is 6.49. The zero-order valence-electron chi connectivity index (χ0n) is 10.2. The van der Waals surface area contributed by atoms with Crippen LogP contribution >= 0.6 is 0 Å². The van der Waals surface area contributed by atoms with Gasteiger partial charge in [0, 0.05) is 0 Å². The van der Waals surface area contributed by atoms with Crippen molar-refractivity contribution in [3.8, 4) is 6.07 Å². The van der Waals surface area contributed by atoms with Gasteiger partial charge in [-0.05, 0) is 32.9 Å². The molecule has 90 valence electrons. The second-order valence-electron chi connectivity index (χ2n) is 4.81. The predicted molar refractivity (Wildman–Crippen MR) is 62.7 cm³/mol. The average molecular weight is 223 g/mol. The number of likely N-dealkylation sites (N-methyl/N-ethyl adjacent to an activating group) is 1. The van der Waals surface area contributed by atoms with Crippen LogP contribution in [0.15, 0.2) is 0 Å². The van der Waals surface area contributed by atoms with E-state index >= 15 is 0 Å². The summed E-state index contributed by atoms with van der Waals surface area (Å²) in [5.41, 5.74) is 0. The van der Waals surface area contributed by atoms with Crippen molar-refractivity contribution >= 4 is 5.91 Å². The quantitative estimate of drug-likeness (QED) is 0.777. The Hall–Kier alpha value is -1.08. The summed E-state index contributed by atoms with van der Waals surface area (Å²) in [6.07, 6.45) is 5.78. The Balaban J connectivity index is 2.42. The molecule has 0 aromatic heterocycles. The van der Waals surface area contributed by atoms with Crippen molar-refractivity contribution in [2.45, 2.75) is 38.1 Å². The normalized spacial score (nSPS) is 19.1. The van der Waals surface area contributed by atoms with Gasteiger partial charge in [0.05, 0.1) is 12.6 Å². The standard InChI is InChI=1S/C12H21N3O/c1-15(2)9-12(16)14-11(8-13)10-6-4-3-5-7-10/h10-11H,3-7,9H2,1-2H3,(H,14,16)/t11-/m0/s1. The Labute approximate surface area is 97.6 Å². The Morgan fingerprint density at radius 2 is 2.06 bits per heavy atom. The van der Waals surface area contributed by atoms with E-state index in [9.17, 15) is 4.79 Å². The molecule has 0 aliphatic heterocycles.